The van der Waals surface area contributed by atoms with Crippen molar-refractivity contribution in [1.29, 1.82) is 0 Å². The first-order valence-corrected chi connectivity index (χ1v) is 9.49. The topological polar surface area (TPSA) is 56.7 Å². The van der Waals surface area contributed by atoms with Crippen molar-refractivity contribution in [2.45, 2.75) is 19.1 Å². The molecule has 1 amide bonds. The molecule has 5 nitrogen and oxygen atoms in total. The Labute approximate surface area is 157 Å². The molecule has 0 saturated heterocycles. The minimum Gasteiger partial charge on any atom is -0.360 e. The summed E-state index contributed by atoms with van der Waals surface area (Å²) in [5, 5.41) is 13.7. The predicted molar refractivity (Wildman–Crippen MR) is 107 cm³/mol. The zero-order chi connectivity index (χ0) is 18.1. The Kier molecular flexibility index (Phi) is 4.42. The van der Waals surface area contributed by atoms with Gasteiger partial charge in [-0.05, 0) is 18.6 Å². The number of rotatable bonds is 3. The Morgan fingerprint density at radius 3 is 2.77 bits per heavy atom. The number of carbonyl (C=O) groups excluding carboxylic acids is 1. The number of thioether (sulfide) groups is 1. The molecular formula is C20H20N4OS. The number of amides is 1. The number of nitrogens with one attached hydrogen (secondary N) is 2. The maximum absolute atomic E-state index is 12.9. The van der Waals surface area contributed by atoms with Gasteiger partial charge in [-0.3, -0.25) is 9.80 Å². The van der Waals surface area contributed by atoms with Crippen molar-refractivity contribution >= 4 is 28.5 Å². The van der Waals surface area contributed by atoms with Gasteiger partial charge < -0.3 is 10.6 Å². The van der Waals surface area contributed by atoms with Gasteiger partial charge in [-0.1, -0.05) is 65.9 Å². The van der Waals surface area contributed by atoms with Crippen LogP contribution < -0.4 is 10.6 Å². The first-order valence-electron chi connectivity index (χ1n) is 8.51. The Balaban J connectivity index is 1.79. The zero-order valence-corrected chi connectivity index (χ0v) is 15.3. The number of hydrogen-bond donors (Lipinski definition) is 2. The SMILES string of the molecule is C=CCSC1=NN2[C@@H](c3ccc(C)cc3)Nc3ccccc3[C@H]2C(=O)N1. The third-order valence-electron chi connectivity index (χ3n) is 4.49. The molecule has 0 bridgehead atoms. The van der Waals surface area contributed by atoms with E-state index in [-0.39, 0.29) is 12.1 Å². The van der Waals surface area contributed by atoms with Gasteiger partial charge in [-0.25, -0.2) is 0 Å². The highest BCUT2D eigenvalue weighted by Crippen LogP contribution is 2.42. The highest BCUT2D eigenvalue weighted by atomic mass is 32.2. The molecule has 0 aliphatic carbocycles. The summed E-state index contributed by atoms with van der Waals surface area (Å²) in [6, 6.07) is 15.8. The third kappa shape index (κ3) is 2.97. The van der Waals surface area contributed by atoms with Crippen molar-refractivity contribution < 1.29 is 4.79 Å². The summed E-state index contributed by atoms with van der Waals surface area (Å²) < 4.78 is 0. The quantitative estimate of drug-likeness (QED) is 0.814. The van der Waals surface area contributed by atoms with Crippen molar-refractivity contribution in [3.63, 3.8) is 0 Å². The van der Waals surface area contributed by atoms with Crippen LogP contribution in [-0.2, 0) is 4.79 Å². The summed E-state index contributed by atoms with van der Waals surface area (Å²) in [7, 11) is 0. The van der Waals surface area contributed by atoms with Crippen LogP contribution in [-0.4, -0.2) is 21.8 Å². The number of anilines is 1. The van der Waals surface area contributed by atoms with Crippen LogP contribution in [0, 0.1) is 6.92 Å². The number of carbonyl (C=O) groups is 1. The molecule has 132 valence electrons. The van der Waals surface area contributed by atoms with Gasteiger partial charge in [0.2, 0.25) is 0 Å². The van der Waals surface area contributed by atoms with Crippen molar-refractivity contribution in [2.75, 3.05) is 11.1 Å². The second kappa shape index (κ2) is 6.88. The molecule has 0 radical (unpaired) electrons. The molecule has 4 rings (SSSR count). The van der Waals surface area contributed by atoms with Crippen molar-refractivity contribution in [3.8, 4) is 0 Å². The molecule has 0 saturated carbocycles. The van der Waals surface area contributed by atoms with E-state index in [2.05, 4.69) is 48.4 Å². The first-order chi connectivity index (χ1) is 12.7. The number of amidine groups is 1. The van der Waals surface area contributed by atoms with Crippen LogP contribution >= 0.6 is 11.8 Å². The van der Waals surface area contributed by atoms with E-state index in [1.54, 1.807) is 6.08 Å². The fraction of sp³-hybridized carbons (Fsp3) is 0.200. The van der Waals surface area contributed by atoms with Gasteiger partial charge in [0.05, 0.1) is 0 Å². The largest absolute Gasteiger partial charge is 0.360 e. The number of hydrogen-bond acceptors (Lipinski definition) is 5. The van der Waals surface area contributed by atoms with Crippen LogP contribution in [0.1, 0.15) is 28.9 Å². The molecule has 2 heterocycles. The maximum atomic E-state index is 12.9. The fourth-order valence-corrected chi connectivity index (χ4v) is 3.84. The minimum absolute atomic E-state index is 0.0578. The number of benzene rings is 2. The molecule has 0 unspecified atom stereocenters. The summed E-state index contributed by atoms with van der Waals surface area (Å²) in [6.07, 6.45) is 1.59. The van der Waals surface area contributed by atoms with Gasteiger partial charge in [0.1, 0.15) is 6.17 Å². The Morgan fingerprint density at radius 2 is 2.00 bits per heavy atom. The van der Waals surface area contributed by atoms with Crippen LogP contribution in [0.5, 0.6) is 0 Å². The maximum Gasteiger partial charge on any atom is 0.255 e. The fourth-order valence-electron chi connectivity index (χ4n) is 3.24. The monoisotopic (exact) mass is 364 g/mol. The molecule has 0 spiro atoms. The molecule has 6 heteroatoms. The standard InChI is InChI=1S/C20H20N4OS/c1-3-12-26-20-22-19(25)17-15-6-4-5-7-16(15)21-18(24(17)23-20)14-10-8-13(2)9-11-14/h3-11,17-18,21H,1,12H2,2H3,(H,22,23,25)/t17-,18-/m0/s1. The molecule has 2 atom stereocenters. The van der Waals surface area contributed by atoms with Gasteiger partial charge in [0.15, 0.2) is 11.2 Å². The average molecular weight is 364 g/mol. The number of hydrazone groups is 1. The first kappa shape index (κ1) is 16.7. The Hall–Kier alpha value is -2.73. The van der Waals surface area contributed by atoms with E-state index in [1.165, 1.54) is 17.3 Å². The van der Waals surface area contributed by atoms with E-state index in [4.69, 9.17) is 5.10 Å². The van der Waals surface area contributed by atoms with E-state index < -0.39 is 6.04 Å². The number of para-hydroxylation sites is 1. The zero-order valence-electron chi connectivity index (χ0n) is 14.5. The normalized spacial score (nSPS) is 21.0. The molecule has 2 N–H and O–H groups in total. The Morgan fingerprint density at radius 1 is 1.23 bits per heavy atom. The molecule has 2 aliphatic rings. The van der Waals surface area contributed by atoms with Gasteiger partial charge >= 0.3 is 0 Å². The molecule has 2 aliphatic heterocycles. The van der Waals surface area contributed by atoms with E-state index >= 15 is 0 Å². The van der Waals surface area contributed by atoms with Crippen LogP contribution in [0.3, 0.4) is 0 Å². The smallest absolute Gasteiger partial charge is 0.255 e. The summed E-state index contributed by atoms with van der Waals surface area (Å²) >= 11 is 1.47. The molecule has 0 fully saturated rings. The van der Waals surface area contributed by atoms with Crippen molar-refractivity contribution in [3.05, 3.63) is 77.9 Å². The summed E-state index contributed by atoms with van der Waals surface area (Å²) in [6.45, 7) is 5.79. The second-order valence-corrected chi connectivity index (χ2v) is 7.33. The van der Waals surface area contributed by atoms with E-state index in [0.29, 0.717) is 10.9 Å². The highest BCUT2D eigenvalue weighted by molar-refractivity contribution is 8.14. The average Bonchev–Trinajstić information content (AvgIpc) is 2.66. The lowest BCUT2D eigenvalue weighted by Gasteiger charge is -2.43. The molecule has 2 aromatic carbocycles. The van der Waals surface area contributed by atoms with Crippen LogP contribution in [0.4, 0.5) is 5.69 Å². The van der Waals surface area contributed by atoms with Crippen LogP contribution in [0.15, 0.2) is 66.3 Å². The predicted octanol–water partition coefficient (Wildman–Crippen LogP) is 3.78. The Bertz CT molecular complexity index is 878. The van der Waals surface area contributed by atoms with Gasteiger partial charge in [0.25, 0.3) is 5.91 Å². The molecule has 26 heavy (non-hydrogen) atoms. The summed E-state index contributed by atoms with van der Waals surface area (Å²) in [4.78, 5) is 12.9. The molecule has 2 aromatic rings. The second-order valence-electron chi connectivity index (χ2n) is 6.32. The minimum atomic E-state index is -0.452. The molecular weight excluding hydrogens is 344 g/mol. The molecule has 0 aromatic heterocycles. The third-order valence-corrected chi connectivity index (χ3v) is 5.35. The summed E-state index contributed by atoms with van der Waals surface area (Å²) in [5.74, 6) is 0.634. The highest BCUT2D eigenvalue weighted by Gasteiger charge is 2.41. The lowest BCUT2D eigenvalue weighted by Crippen LogP contribution is -2.50. The van der Waals surface area contributed by atoms with Crippen LogP contribution in [0.2, 0.25) is 0 Å². The number of aryl methyl sites for hydroxylation is 1. The van der Waals surface area contributed by atoms with Crippen molar-refractivity contribution in [2.24, 2.45) is 5.10 Å². The number of nitrogens with zero attached hydrogens (tertiary/aromatic N) is 2. The van der Waals surface area contributed by atoms with E-state index in [0.717, 1.165) is 16.8 Å². The lowest BCUT2D eigenvalue weighted by molar-refractivity contribution is -0.127. The van der Waals surface area contributed by atoms with Crippen LogP contribution in [0.25, 0.3) is 0 Å². The van der Waals surface area contributed by atoms with E-state index in [9.17, 15) is 4.79 Å². The van der Waals surface area contributed by atoms with E-state index in [1.807, 2.05) is 29.3 Å². The van der Waals surface area contributed by atoms with Gasteiger partial charge in [-0.2, -0.15) is 0 Å². The van der Waals surface area contributed by atoms with Gasteiger partial charge in [0, 0.05) is 17.0 Å². The lowest BCUT2D eigenvalue weighted by atomic mass is 9.97. The number of fused-ring (bicyclic) bond motifs is 3. The van der Waals surface area contributed by atoms with Gasteiger partial charge in [-0.15, -0.1) is 11.7 Å². The van der Waals surface area contributed by atoms with Crippen molar-refractivity contribution in [1.82, 2.24) is 10.3 Å². The summed E-state index contributed by atoms with van der Waals surface area (Å²) in [5.41, 5.74) is 4.17.